The number of rotatable bonds is 4. The van der Waals surface area contributed by atoms with Crippen molar-refractivity contribution in [1.82, 2.24) is 10.2 Å². The molecule has 0 saturated carbocycles. The Bertz CT molecular complexity index is 353. The number of nitrogens with one attached hydrogen (secondary N) is 1. The van der Waals surface area contributed by atoms with E-state index in [2.05, 4.69) is 36.3 Å². The molecular formula is C14H22Cl2N2. The molecule has 0 radical (unpaired) electrons. The molecule has 1 aromatic carbocycles. The summed E-state index contributed by atoms with van der Waals surface area (Å²) in [6, 6.07) is 9.48. The van der Waals surface area contributed by atoms with Gasteiger partial charge in [-0.3, -0.25) is 4.90 Å². The molecule has 2 atom stereocenters. The zero-order valence-corrected chi connectivity index (χ0v) is 12.6. The number of benzene rings is 1. The van der Waals surface area contributed by atoms with Crippen LogP contribution in [0.1, 0.15) is 31.4 Å². The molecule has 1 N–H and O–H groups in total. The van der Waals surface area contributed by atoms with Gasteiger partial charge < -0.3 is 5.32 Å². The van der Waals surface area contributed by atoms with E-state index in [9.17, 15) is 0 Å². The van der Waals surface area contributed by atoms with Crippen molar-refractivity contribution in [3.63, 3.8) is 0 Å². The molecule has 1 aromatic rings. The normalized spacial score (nSPS) is 21.6. The third kappa shape index (κ3) is 3.61. The van der Waals surface area contributed by atoms with Crippen molar-refractivity contribution in [2.45, 2.75) is 31.8 Å². The highest BCUT2D eigenvalue weighted by Crippen LogP contribution is 2.28. The number of hydrogen-bond acceptors (Lipinski definition) is 2. The van der Waals surface area contributed by atoms with Crippen molar-refractivity contribution in [1.29, 1.82) is 0 Å². The largest absolute Gasteiger partial charge is 0.316 e. The number of nitrogens with zero attached hydrogens (tertiary/aromatic N) is 1. The third-order valence-electron chi connectivity index (χ3n) is 3.71. The van der Waals surface area contributed by atoms with Crippen molar-refractivity contribution >= 4 is 24.0 Å². The van der Waals surface area contributed by atoms with Crippen LogP contribution in [0, 0.1) is 0 Å². The van der Waals surface area contributed by atoms with E-state index >= 15 is 0 Å². The molecule has 4 heteroatoms. The lowest BCUT2D eigenvalue weighted by molar-refractivity contribution is 0.234. The number of likely N-dealkylation sites (N-methyl/N-ethyl adjacent to an activating group) is 1. The van der Waals surface area contributed by atoms with E-state index in [4.69, 9.17) is 11.6 Å². The van der Waals surface area contributed by atoms with Crippen LogP contribution in [-0.2, 0) is 0 Å². The second-order valence-electron chi connectivity index (χ2n) is 4.74. The molecule has 2 nitrogen and oxygen atoms in total. The third-order valence-corrected chi connectivity index (χ3v) is 3.96. The minimum Gasteiger partial charge on any atom is -0.316 e. The molecule has 1 fully saturated rings. The first kappa shape index (κ1) is 15.8. The fourth-order valence-corrected chi connectivity index (χ4v) is 2.82. The van der Waals surface area contributed by atoms with Gasteiger partial charge in [0.15, 0.2) is 0 Å². The molecule has 102 valence electrons. The zero-order chi connectivity index (χ0) is 12.3. The minimum absolute atomic E-state index is 0. The summed E-state index contributed by atoms with van der Waals surface area (Å²) >= 11 is 5.94. The summed E-state index contributed by atoms with van der Waals surface area (Å²) < 4.78 is 0. The van der Waals surface area contributed by atoms with Crippen molar-refractivity contribution in [2.24, 2.45) is 0 Å². The van der Waals surface area contributed by atoms with E-state index in [-0.39, 0.29) is 12.4 Å². The van der Waals surface area contributed by atoms with E-state index in [0.29, 0.717) is 12.1 Å². The van der Waals surface area contributed by atoms with Gasteiger partial charge in [-0.2, -0.15) is 0 Å². The molecule has 2 unspecified atom stereocenters. The highest BCUT2D eigenvalue weighted by Gasteiger charge is 2.27. The molecule has 1 heterocycles. The van der Waals surface area contributed by atoms with Crippen LogP contribution in [0.3, 0.4) is 0 Å². The molecule has 1 saturated heterocycles. The van der Waals surface area contributed by atoms with Gasteiger partial charge in [-0.05, 0) is 37.6 Å². The van der Waals surface area contributed by atoms with Gasteiger partial charge in [0, 0.05) is 30.2 Å². The van der Waals surface area contributed by atoms with Crippen LogP contribution >= 0.6 is 24.0 Å². The SMILES string of the molecule is CCC(c1ccc(Cl)cc1)N1CCC(NC)C1.Cl. The monoisotopic (exact) mass is 288 g/mol. The summed E-state index contributed by atoms with van der Waals surface area (Å²) in [5.74, 6) is 0. The average molecular weight is 289 g/mol. The molecule has 0 aliphatic carbocycles. The van der Waals surface area contributed by atoms with Crippen LogP contribution in [0.25, 0.3) is 0 Å². The second-order valence-corrected chi connectivity index (χ2v) is 5.18. The van der Waals surface area contributed by atoms with Gasteiger partial charge in [0.1, 0.15) is 0 Å². The van der Waals surface area contributed by atoms with Gasteiger partial charge in [0.2, 0.25) is 0 Å². The van der Waals surface area contributed by atoms with Gasteiger partial charge >= 0.3 is 0 Å². The Balaban J connectivity index is 0.00000162. The fraction of sp³-hybridized carbons (Fsp3) is 0.571. The predicted octanol–water partition coefficient (Wildman–Crippen LogP) is 3.51. The van der Waals surface area contributed by atoms with E-state index < -0.39 is 0 Å². The topological polar surface area (TPSA) is 15.3 Å². The summed E-state index contributed by atoms with van der Waals surface area (Å²) in [5, 5.41) is 4.19. The van der Waals surface area contributed by atoms with Gasteiger partial charge in [0.25, 0.3) is 0 Å². The zero-order valence-electron chi connectivity index (χ0n) is 11.0. The Morgan fingerprint density at radius 3 is 2.56 bits per heavy atom. The Hall–Kier alpha value is -0.280. The Labute approximate surface area is 121 Å². The van der Waals surface area contributed by atoms with Crippen LogP contribution in [0.15, 0.2) is 24.3 Å². The molecule has 0 aromatic heterocycles. The van der Waals surface area contributed by atoms with Crippen molar-refractivity contribution < 1.29 is 0 Å². The summed E-state index contributed by atoms with van der Waals surface area (Å²) in [7, 11) is 2.05. The molecule has 0 bridgehead atoms. The van der Waals surface area contributed by atoms with Crippen LogP contribution in [0.2, 0.25) is 5.02 Å². The Morgan fingerprint density at radius 1 is 1.39 bits per heavy atom. The first-order valence-electron chi connectivity index (χ1n) is 6.41. The van der Waals surface area contributed by atoms with Crippen molar-refractivity contribution in [3.8, 4) is 0 Å². The molecular weight excluding hydrogens is 267 g/mol. The lowest BCUT2D eigenvalue weighted by Gasteiger charge is -2.27. The lowest BCUT2D eigenvalue weighted by Crippen LogP contribution is -2.31. The summed E-state index contributed by atoms with van der Waals surface area (Å²) in [6.07, 6.45) is 2.40. The lowest BCUT2D eigenvalue weighted by atomic mass is 10.0. The van der Waals surface area contributed by atoms with Gasteiger partial charge in [-0.15, -0.1) is 12.4 Å². The van der Waals surface area contributed by atoms with Gasteiger partial charge in [-0.1, -0.05) is 30.7 Å². The summed E-state index contributed by atoms with van der Waals surface area (Å²) in [4.78, 5) is 2.57. The Kier molecular flexibility index (Phi) is 6.44. The maximum atomic E-state index is 5.94. The van der Waals surface area contributed by atoms with Crippen LogP contribution in [0.5, 0.6) is 0 Å². The maximum Gasteiger partial charge on any atom is 0.0406 e. The average Bonchev–Trinajstić information content (AvgIpc) is 2.81. The number of hydrogen-bond donors (Lipinski definition) is 1. The first-order chi connectivity index (χ1) is 8.24. The highest BCUT2D eigenvalue weighted by molar-refractivity contribution is 6.30. The predicted molar refractivity (Wildman–Crippen MR) is 80.8 cm³/mol. The van der Waals surface area contributed by atoms with E-state index in [1.807, 2.05) is 12.1 Å². The molecule has 18 heavy (non-hydrogen) atoms. The highest BCUT2D eigenvalue weighted by atomic mass is 35.5. The second kappa shape index (κ2) is 7.34. The summed E-state index contributed by atoms with van der Waals surface area (Å²) in [5.41, 5.74) is 1.38. The van der Waals surface area contributed by atoms with Crippen LogP contribution < -0.4 is 5.32 Å². The minimum atomic E-state index is 0. The fourth-order valence-electron chi connectivity index (χ4n) is 2.70. The van der Waals surface area contributed by atoms with Gasteiger partial charge in [-0.25, -0.2) is 0 Å². The van der Waals surface area contributed by atoms with E-state index in [1.165, 1.54) is 18.5 Å². The number of likely N-dealkylation sites (tertiary alicyclic amines) is 1. The molecule has 2 rings (SSSR count). The molecule has 1 aliphatic rings. The Morgan fingerprint density at radius 2 is 2.06 bits per heavy atom. The van der Waals surface area contributed by atoms with Crippen LogP contribution in [0.4, 0.5) is 0 Å². The quantitative estimate of drug-likeness (QED) is 0.912. The van der Waals surface area contributed by atoms with Crippen molar-refractivity contribution in [2.75, 3.05) is 20.1 Å². The first-order valence-corrected chi connectivity index (χ1v) is 6.79. The maximum absolute atomic E-state index is 5.94. The van der Waals surface area contributed by atoms with Gasteiger partial charge in [0.05, 0.1) is 0 Å². The molecule has 0 spiro atoms. The van der Waals surface area contributed by atoms with E-state index in [1.54, 1.807) is 0 Å². The standard InChI is InChI=1S/C14H21ClN2.ClH/c1-3-14(11-4-6-12(15)7-5-11)17-9-8-13(10-17)16-2;/h4-7,13-14,16H,3,8-10H2,1-2H3;1H. The van der Waals surface area contributed by atoms with Crippen LogP contribution in [-0.4, -0.2) is 31.1 Å². The molecule has 1 aliphatic heterocycles. The summed E-state index contributed by atoms with van der Waals surface area (Å²) in [6.45, 7) is 4.59. The smallest absolute Gasteiger partial charge is 0.0406 e. The van der Waals surface area contributed by atoms with E-state index in [0.717, 1.165) is 18.0 Å². The number of halogens is 2. The molecule has 0 amide bonds. The van der Waals surface area contributed by atoms with Crippen molar-refractivity contribution in [3.05, 3.63) is 34.9 Å².